The molecule has 0 radical (unpaired) electrons. The summed E-state index contributed by atoms with van der Waals surface area (Å²) >= 11 is 0. The van der Waals surface area contributed by atoms with Crippen LogP contribution in [0.2, 0.25) is 0 Å². The van der Waals surface area contributed by atoms with Crippen LogP contribution >= 0.6 is 0 Å². The van der Waals surface area contributed by atoms with Crippen LogP contribution in [-0.2, 0) is 16.1 Å². The van der Waals surface area contributed by atoms with Crippen LogP contribution in [0, 0.1) is 6.92 Å². The number of rotatable bonds is 3. The SMILES string of the molecule is Cc1c(C=C2C(=O)N(C)C(=O)N(C)C2=O)c2ccccc2n1Cc1ccccc1. The van der Waals surface area contributed by atoms with E-state index in [1.54, 1.807) is 6.08 Å². The van der Waals surface area contributed by atoms with E-state index in [9.17, 15) is 14.4 Å². The zero-order valence-electron chi connectivity index (χ0n) is 16.5. The number of fused-ring (bicyclic) bond motifs is 1. The van der Waals surface area contributed by atoms with Crippen LogP contribution in [0.1, 0.15) is 16.8 Å². The molecular weight excluding hydrogens is 366 g/mol. The molecule has 2 heterocycles. The normalized spacial score (nSPS) is 14.9. The zero-order valence-corrected chi connectivity index (χ0v) is 16.5. The Labute approximate surface area is 168 Å². The molecule has 0 spiro atoms. The van der Waals surface area contributed by atoms with Crippen molar-refractivity contribution < 1.29 is 14.4 Å². The molecule has 0 unspecified atom stereocenters. The fourth-order valence-corrected chi connectivity index (χ4v) is 3.73. The van der Waals surface area contributed by atoms with E-state index in [2.05, 4.69) is 16.7 Å². The molecule has 1 aromatic heterocycles. The van der Waals surface area contributed by atoms with Gasteiger partial charge in [-0.1, -0.05) is 48.5 Å². The zero-order chi connectivity index (χ0) is 20.7. The summed E-state index contributed by atoms with van der Waals surface area (Å²) in [5.41, 5.74) is 3.93. The second-order valence-corrected chi connectivity index (χ2v) is 7.16. The first-order valence-electron chi connectivity index (χ1n) is 9.33. The van der Waals surface area contributed by atoms with Crippen molar-refractivity contribution in [3.8, 4) is 0 Å². The lowest BCUT2D eigenvalue weighted by Crippen LogP contribution is -2.52. The van der Waals surface area contributed by atoms with Gasteiger partial charge in [0, 0.05) is 42.8 Å². The Morgan fingerprint density at radius 2 is 1.41 bits per heavy atom. The van der Waals surface area contributed by atoms with Gasteiger partial charge in [0.15, 0.2) is 0 Å². The monoisotopic (exact) mass is 387 g/mol. The molecule has 2 aromatic carbocycles. The maximum Gasteiger partial charge on any atom is 0.333 e. The lowest BCUT2D eigenvalue weighted by Gasteiger charge is -2.28. The number of carbonyl (C=O) groups excluding carboxylic acids is 3. The van der Waals surface area contributed by atoms with Gasteiger partial charge in [0.25, 0.3) is 11.8 Å². The van der Waals surface area contributed by atoms with Crippen molar-refractivity contribution in [3.05, 3.63) is 77.0 Å². The van der Waals surface area contributed by atoms with Crippen LogP contribution < -0.4 is 0 Å². The number of benzene rings is 2. The Hall–Kier alpha value is -3.67. The average Bonchev–Trinajstić information content (AvgIpc) is 3.00. The lowest BCUT2D eigenvalue weighted by molar-refractivity contribution is -0.134. The summed E-state index contributed by atoms with van der Waals surface area (Å²) in [4.78, 5) is 39.2. The molecule has 1 aliphatic heterocycles. The first-order chi connectivity index (χ1) is 13.9. The number of hydrogen-bond acceptors (Lipinski definition) is 3. The number of amides is 4. The summed E-state index contributed by atoms with van der Waals surface area (Å²) < 4.78 is 2.17. The van der Waals surface area contributed by atoms with Gasteiger partial charge < -0.3 is 4.57 Å². The molecule has 3 aromatic rings. The van der Waals surface area contributed by atoms with E-state index >= 15 is 0 Å². The van der Waals surface area contributed by atoms with Gasteiger partial charge in [-0.15, -0.1) is 0 Å². The fraction of sp³-hybridized carbons (Fsp3) is 0.174. The minimum atomic E-state index is -0.625. The van der Waals surface area contributed by atoms with Crippen molar-refractivity contribution in [3.63, 3.8) is 0 Å². The molecule has 1 aliphatic rings. The van der Waals surface area contributed by atoms with Crippen molar-refractivity contribution in [2.24, 2.45) is 0 Å². The molecule has 29 heavy (non-hydrogen) atoms. The van der Waals surface area contributed by atoms with E-state index in [0.29, 0.717) is 6.54 Å². The summed E-state index contributed by atoms with van der Waals surface area (Å²) in [6, 6.07) is 17.4. The van der Waals surface area contributed by atoms with Crippen LogP contribution in [0.25, 0.3) is 17.0 Å². The molecule has 6 nitrogen and oxygen atoms in total. The molecule has 0 aliphatic carbocycles. The summed E-state index contributed by atoms with van der Waals surface area (Å²) in [5, 5.41) is 0.955. The van der Waals surface area contributed by atoms with Gasteiger partial charge in [-0.3, -0.25) is 19.4 Å². The number of urea groups is 1. The molecule has 4 amide bonds. The molecular formula is C23H21N3O3. The highest BCUT2D eigenvalue weighted by Gasteiger charge is 2.38. The first kappa shape index (κ1) is 18.7. The number of likely N-dealkylation sites (N-methyl/N-ethyl adjacent to an activating group) is 2. The van der Waals surface area contributed by atoms with E-state index in [1.807, 2.05) is 49.4 Å². The Kier molecular flexibility index (Phi) is 4.54. The molecule has 6 heteroatoms. The van der Waals surface area contributed by atoms with Gasteiger partial charge in [0.2, 0.25) is 0 Å². The number of hydrogen-bond donors (Lipinski definition) is 0. The molecule has 0 N–H and O–H groups in total. The summed E-state index contributed by atoms with van der Waals surface area (Å²) in [6.07, 6.45) is 1.61. The van der Waals surface area contributed by atoms with Crippen LogP contribution in [-0.4, -0.2) is 46.3 Å². The Morgan fingerprint density at radius 1 is 0.828 bits per heavy atom. The molecule has 4 rings (SSSR count). The largest absolute Gasteiger partial charge is 0.340 e. The minimum absolute atomic E-state index is 0.0136. The third-order valence-electron chi connectivity index (χ3n) is 5.40. The van der Waals surface area contributed by atoms with E-state index < -0.39 is 17.8 Å². The Balaban J connectivity index is 1.88. The van der Waals surface area contributed by atoms with Crippen LogP contribution in [0.3, 0.4) is 0 Å². The first-order valence-corrected chi connectivity index (χ1v) is 9.33. The van der Waals surface area contributed by atoms with Crippen LogP contribution in [0.4, 0.5) is 4.79 Å². The summed E-state index contributed by atoms with van der Waals surface area (Å²) in [7, 11) is 2.76. The maximum absolute atomic E-state index is 12.6. The average molecular weight is 387 g/mol. The number of aromatic nitrogens is 1. The third kappa shape index (κ3) is 3.02. The van der Waals surface area contributed by atoms with E-state index in [1.165, 1.54) is 14.1 Å². The number of barbiturate groups is 1. The number of imide groups is 2. The number of nitrogens with zero attached hydrogens (tertiary/aromatic N) is 3. The topological polar surface area (TPSA) is 62.6 Å². The quantitative estimate of drug-likeness (QED) is 0.511. The van der Waals surface area contributed by atoms with Crippen LogP contribution in [0.15, 0.2) is 60.2 Å². The molecule has 1 saturated heterocycles. The number of carbonyl (C=O) groups is 3. The maximum atomic E-state index is 12.6. The van der Waals surface area contributed by atoms with Gasteiger partial charge in [-0.05, 0) is 24.6 Å². The van der Waals surface area contributed by atoms with Crippen molar-refractivity contribution >= 4 is 34.8 Å². The van der Waals surface area contributed by atoms with Crippen LogP contribution in [0.5, 0.6) is 0 Å². The molecule has 0 saturated carbocycles. The highest BCUT2D eigenvalue weighted by atomic mass is 16.2. The van der Waals surface area contributed by atoms with Gasteiger partial charge in [0.1, 0.15) is 5.57 Å². The van der Waals surface area contributed by atoms with Crippen molar-refractivity contribution in [1.82, 2.24) is 14.4 Å². The molecule has 146 valence electrons. The van der Waals surface area contributed by atoms with E-state index in [0.717, 1.165) is 37.5 Å². The van der Waals surface area contributed by atoms with Gasteiger partial charge in [-0.25, -0.2) is 4.79 Å². The second kappa shape index (κ2) is 7.05. The van der Waals surface area contributed by atoms with Crippen molar-refractivity contribution in [2.45, 2.75) is 13.5 Å². The third-order valence-corrected chi connectivity index (χ3v) is 5.40. The predicted octanol–water partition coefficient (Wildman–Crippen LogP) is 3.43. The lowest BCUT2D eigenvalue weighted by atomic mass is 10.0. The molecule has 1 fully saturated rings. The van der Waals surface area contributed by atoms with E-state index in [4.69, 9.17) is 0 Å². The molecule has 0 bridgehead atoms. The fourth-order valence-electron chi connectivity index (χ4n) is 3.73. The predicted molar refractivity (Wildman–Crippen MR) is 111 cm³/mol. The van der Waals surface area contributed by atoms with Crippen molar-refractivity contribution in [1.29, 1.82) is 0 Å². The highest BCUT2D eigenvalue weighted by molar-refractivity contribution is 6.31. The smallest absolute Gasteiger partial charge is 0.333 e. The van der Waals surface area contributed by atoms with Crippen molar-refractivity contribution in [2.75, 3.05) is 14.1 Å². The molecule has 0 atom stereocenters. The van der Waals surface area contributed by atoms with Gasteiger partial charge >= 0.3 is 6.03 Å². The minimum Gasteiger partial charge on any atom is -0.340 e. The standard InChI is InChI=1S/C23H21N3O3/c1-15-18(13-19-21(27)24(2)23(29)25(3)22(19)28)17-11-7-8-12-20(17)26(15)14-16-9-5-4-6-10-16/h4-13H,14H2,1-3H3. The summed E-state index contributed by atoms with van der Waals surface area (Å²) in [6.45, 7) is 2.65. The summed E-state index contributed by atoms with van der Waals surface area (Å²) in [5.74, 6) is -1.17. The van der Waals surface area contributed by atoms with Gasteiger partial charge in [0.05, 0.1) is 0 Å². The Morgan fingerprint density at radius 3 is 2.07 bits per heavy atom. The second-order valence-electron chi connectivity index (χ2n) is 7.16. The van der Waals surface area contributed by atoms with Gasteiger partial charge in [-0.2, -0.15) is 0 Å². The Bertz CT molecular complexity index is 1150. The van der Waals surface area contributed by atoms with E-state index in [-0.39, 0.29) is 5.57 Å². The number of para-hydroxylation sites is 1. The highest BCUT2D eigenvalue weighted by Crippen LogP contribution is 2.30.